The predicted octanol–water partition coefficient (Wildman–Crippen LogP) is 2.37. The van der Waals surface area contributed by atoms with E-state index in [0.29, 0.717) is 45.8 Å². The Bertz CT molecular complexity index is 580. The molecule has 1 aromatic rings. The monoisotopic (exact) mass is 334 g/mol. The Hall–Kier alpha value is -2.24. The second kappa shape index (κ2) is 8.57. The maximum absolute atomic E-state index is 12.3. The molecular formula is C18H26N2O4. The van der Waals surface area contributed by atoms with Gasteiger partial charge >= 0.3 is 6.09 Å². The van der Waals surface area contributed by atoms with E-state index in [1.54, 1.807) is 16.7 Å². The van der Waals surface area contributed by atoms with Crippen molar-refractivity contribution in [2.75, 3.05) is 39.4 Å². The van der Waals surface area contributed by atoms with Gasteiger partial charge < -0.3 is 19.3 Å². The summed E-state index contributed by atoms with van der Waals surface area (Å²) in [5.74, 6) is 0.888. The standard InChI is InChI=1S/C18H26N2O4/c1-4-23-18(22)20-10-8-19(9-11-20)17(21)7-12-24-16-13-14(2)5-6-15(16)3/h5-6,13H,4,7-12H2,1-3H3. The summed E-state index contributed by atoms with van der Waals surface area (Å²) in [5, 5.41) is 0. The van der Waals surface area contributed by atoms with Crippen molar-refractivity contribution < 1.29 is 19.1 Å². The number of rotatable bonds is 5. The van der Waals surface area contributed by atoms with E-state index in [1.807, 2.05) is 32.0 Å². The van der Waals surface area contributed by atoms with E-state index in [-0.39, 0.29) is 12.0 Å². The van der Waals surface area contributed by atoms with Gasteiger partial charge in [0, 0.05) is 26.2 Å². The van der Waals surface area contributed by atoms with Crippen LogP contribution in [-0.2, 0) is 9.53 Å². The van der Waals surface area contributed by atoms with Gasteiger partial charge in [-0.25, -0.2) is 4.79 Å². The molecule has 0 bridgehead atoms. The molecule has 1 heterocycles. The van der Waals surface area contributed by atoms with Gasteiger partial charge in [-0.3, -0.25) is 4.79 Å². The summed E-state index contributed by atoms with van der Waals surface area (Å²) in [6.07, 6.45) is 0.0372. The molecule has 0 unspecified atom stereocenters. The van der Waals surface area contributed by atoms with E-state index in [0.717, 1.165) is 16.9 Å². The van der Waals surface area contributed by atoms with Crippen LogP contribution in [0.3, 0.4) is 0 Å². The van der Waals surface area contributed by atoms with Gasteiger partial charge in [0.25, 0.3) is 0 Å². The number of benzene rings is 1. The highest BCUT2D eigenvalue weighted by atomic mass is 16.6. The van der Waals surface area contributed by atoms with Crippen LogP contribution in [0.2, 0.25) is 0 Å². The van der Waals surface area contributed by atoms with Crippen LogP contribution < -0.4 is 4.74 Å². The first kappa shape index (κ1) is 18.1. The zero-order valence-electron chi connectivity index (χ0n) is 14.7. The molecule has 0 spiro atoms. The van der Waals surface area contributed by atoms with Gasteiger partial charge in [-0.05, 0) is 38.0 Å². The molecule has 6 heteroatoms. The fourth-order valence-corrected chi connectivity index (χ4v) is 2.62. The lowest BCUT2D eigenvalue weighted by atomic mass is 10.1. The summed E-state index contributed by atoms with van der Waals surface area (Å²) < 4.78 is 10.7. The third-order valence-electron chi connectivity index (χ3n) is 4.08. The van der Waals surface area contributed by atoms with Crippen LogP contribution in [-0.4, -0.2) is 61.2 Å². The van der Waals surface area contributed by atoms with Gasteiger partial charge in [0.05, 0.1) is 19.6 Å². The Balaban J connectivity index is 1.74. The Morgan fingerprint density at radius 1 is 1.08 bits per heavy atom. The molecule has 0 N–H and O–H groups in total. The van der Waals surface area contributed by atoms with Crippen molar-refractivity contribution in [2.24, 2.45) is 0 Å². The molecule has 1 aliphatic heterocycles. The van der Waals surface area contributed by atoms with E-state index in [1.165, 1.54) is 0 Å². The van der Waals surface area contributed by atoms with Crippen LogP contribution in [0, 0.1) is 13.8 Å². The number of piperazine rings is 1. The number of nitrogens with zero attached hydrogens (tertiary/aromatic N) is 2. The molecule has 1 saturated heterocycles. The van der Waals surface area contributed by atoms with E-state index in [9.17, 15) is 9.59 Å². The normalized spacial score (nSPS) is 14.5. The molecule has 0 radical (unpaired) electrons. The van der Waals surface area contributed by atoms with Crippen molar-refractivity contribution in [2.45, 2.75) is 27.2 Å². The minimum absolute atomic E-state index is 0.0591. The molecule has 0 saturated carbocycles. The second-order valence-electron chi connectivity index (χ2n) is 5.93. The number of hydrogen-bond donors (Lipinski definition) is 0. The maximum Gasteiger partial charge on any atom is 0.409 e. The van der Waals surface area contributed by atoms with Crippen molar-refractivity contribution in [3.63, 3.8) is 0 Å². The zero-order valence-corrected chi connectivity index (χ0v) is 14.7. The lowest BCUT2D eigenvalue weighted by Crippen LogP contribution is -2.50. The van der Waals surface area contributed by atoms with Gasteiger partial charge in [-0.2, -0.15) is 0 Å². The Morgan fingerprint density at radius 3 is 2.42 bits per heavy atom. The minimum Gasteiger partial charge on any atom is -0.493 e. The van der Waals surface area contributed by atoms with Crippen molar-refractivity contribution in [1.29, 1.82) is 0 Å². The first-order valence-electron chi connectivity index (χ1n) is 8.40. The van der Waals surface area contributed by atoms with Gasteiger partial charge in [-0.1, -0.05) is 12.1 Å². The molecule has 1 fully saturated rings. The number of amides is 2. The van der Waals surface area contributed by atoms with Crippen LogP contribution in [0.15, 0.2) is 18.2 Å². The molecule has 132 valence electrons. The fraction of sp³-hybridized carbons (Fsp3) is 0.556. The average molecular weight is 334 g/mol. The summed E-state index contributed by atoms with van der Waals surface area (Å²) >= 11 is 0. The van der Waals surface area contributed by atoms with Crippen LogP contribution >= 0.6 is 0 Å². The van der Waals surface area contributed by atoms with Crippen LogP contribution in [0.4, 0.5) is 4.79 Å². The van der Waals surface area contributed by atoms with Crippen LogP contribution in [0.25, 0.3) is 0 Å². The van der Waals surface area contributed by atoms with E-state index >= 15 is 0 Å². The smallest absolute Gasteiger partial charge is 0.409 e. The van der Waals surface area contributed by atoms with Crippen LogP contribution in [0.5, 0.6) is 5.75 Å². The molecule has 0 aromatic heterocycles. The number of ether oxygens (including phenoxy) is 2. The van der Waals surface area contributed by atoms with Crippen LogP contribution in [0.1, 0.15) is 24.5 Å². The zero-order chi connectivity index (χ0) is 17.5. The number of carbonyl (C=O) groups excluding carboxylic acids is 2. The molecule has 2 amide bonds. The van der Waals surface area contributed by atoms with Crippen molar-refractivity contribution in [1.82, 2.24) is 9.80 Å². The van der Waals surface area contributed by atoms with E-state index in [2.05, 4.69) is 0 Å². The molecule has 1 aliphatic rings. The molecule has 6 nitrogen and oxygen atoms in total. The highest BCUT2D eigenvalue weighted by Crippen LogP contribution is 2.19. The Labute approximate surface area is 143 Å². The third kappa shape index (κ3) is 4.88. The maximum atomic E-state index is 12.3. The summed E-state index contributed by atoms with van der Waals surface area (Å²) in [6, 6.07) is 6.04. The fourth-order valence-electron chi connectivity index (χ4n) is 2.62. The lowest BCUT2D eigenvalue weighted by molar-refractivity contribution is -0.133. The molecule has 2 rings (SSSR count). The third-order valence-corrected chi connectivity index (χ3v) is 4.08. The molecule has 0 atom stereocenters. The largest absolute Gasteiger partial charge is 0.493 e. The van der Waals surface area contributed by atoms with Gasteiger partial charge in [0.15, 0.2) is 0 Å². The second-order valence-corrected chi connectivity index (χ2v) is 5.93. The predicted molar refractivity (Wildman–Crippen MR) is 91.2 cm³/mol. The van der Waals surface area contributed by atoms with Gasteiger partial charge in [0.1, 0.15) is 5.75 Å². The summed E-state index contributed by atoms with van der Waals surface area (Å²) in [5.41, 5.74) is 2.20. The highest BCUT2D eigenvalue weighted by molar-refractivity contribution is 5.77. The minimum atomic E-state index is -0.303. The van der Waals surface area contributed by atoms with Crippen molar-refractivity contribution in [3.05, 3.63) is 29.3 Å². The number of hydrogen-bond acceptors (Lipinski definition) is 4. The summed E-state index contributed by atoms with van der Waals surface area (Å²) in [4.78, 5) is 27.3. The molecule has 1 aromatic carbocycles. The van der Waals surface area contributed by atoms with E-state index < -0.39 is 0 Å². The summed E-state index contributed by atoms with van der Waals surface area (Å²) in [7, 11) is 0. The first-order valence-corrected chi connectivity index (χ1v) is 8.40. The van der Waals surface area contributed by atoms with E-state index in [4.69, 9.17) is 9.47 Å². The van der Waals surface area contributed by atoms with Crippen molar-refractivity contribution in [3.8, 4) is 5.75 Å². The molecule has 24 heavy (non-hydrogen) atoms. The Morgan fingerprint density at radius 2 is 1.75 bits per heavy atom. The average Bonchev–Trinajstić information content (AvgIpc) is 2.58. The van der Waals surface area contributed by atoms with Gasteiger partial charge in [-0.15, -0.1) is 0 Å². The molecular weight excluding hydrogens is 308 g/mol. The number of carbonyl (C=O) groups is 2. The quantitative estimate of drug-likeness (QED) is 0.829. The number of aryl methyl sites for hydroxylation is 2. The highest BCUT2D eigenvalue weighted by Gasteiger charge is 2.24. The lowest BCUT2D eigenvalue weighted by Gasteiger charge is -2.34. The molecule has 0 aliphatic carbocycles. The van der Waals surface area contributed by atoms with Gasteiger partial charge in [0.2, 0.25) is 5.91 Å². The summed E-state index contributed by atoms with van der Waals surface area (Å²) in [6.45, 7) is 8.64. The van der Waals surface area contributed by atoms with Crippen molar-refractivity contribution >= 4 is 12.0 Å². The topological polar surface area (TPSA) is 59.1 Å². The Kier molecular flexibility index (Phi) is 6.46. The SMILES string of the molecule is CCOC(=O)N1CCN(C(=O)CCOc2cc(C)ccc2C)CC1. The first-order chi connectivity index (χ1) is 11.5.